The molecule has 0 aliphatic carbocycles. The highest BCUT2D eigenvalue weighted by Crippen LogP contribution is 2.39. The molecule has 0 saturated heterocycles. The Balaban J connectivity index is 0.000000804. The molecule has 1 heterocycles. The average molecular weight is 723 g/mol. The molecule has 254 valence electrons. The molecule has 0 aliphatic rings. The van der Waals surface area contributed by atoms with E-state index in [1.54, 1.807) is 54.8 Å². The number of alkyl halides is 3. The predicted octanol–water partition coefficient (Wildman–Crippen LogP) is 6.01. The first-order chi connectivity index (χ1) is 22.4. The second kappa shape index (κ2) is 15.8. The minimum absolute atomic E-state index is 0.0469. The number of carboxylic acids is 2. The van der Waals surface area contributed by atoms with Crippen LogP contribution < -0.4 is 16.4 Å². The standard InChI is InChI=1S/C29H28N4O5S3.C2HF3O2/c1-17-8-6-13-21(32-29(36)33-22(27(34)35)14-18-9-4-3-5-10-18)25(17)19-11-7-12-20(15-19)41(37,38)24-16-23(26(30)31)40-28(24)39-2;3-2(4,5)1(6)7/h3-13,15-16,22H,14H2,1-2H3,(H3,30,31)(H,34,35)(H2,32,33,36);(H,6,7). The van der Waals surface area contributed by atoms with Crippen molar-refractivity contribution < 1.29 is 46.2 Å². The van der Waals surface area contributed by atoms with Crippen molar-refractivity contribution in [2.24, 2.45) is 5.73 Å². The van der Waals surface area contributed by atoms with Crippen LogP contribution in [-0.4, -0.2) is 60.9 Å². The number of nitrogens with two attached hydrogens (primary N) is 1. The lowest BCUT2D eigenvalue weighted by molar-refractivity contribution is -0.192. The number of carbonyl (C=O) groups excluding carboxylic acids is 1. The van der Waals surface area contributed by atoms with E-state index < -0.39 is 40.0 Å². The Kier molecular flexibility index (Phi) is 12.4. The Hall–Kier alpha value is -4.87. The topological polar surface area (TPSA) is 200 Å². The third-order valence-corrected chi connectivity index (χ3v) is 10.8. The van der Waals surface area contributed by atoms with E-state index in [0.29, 0.717) is 25.9 Å². The van der Waals surface area contributed by atoms with Gasteiger partial charge < -0.3 is 26.6 Å². The van der Waals surface area contributed by atoms with E-state index in [9.17, 15) is 36.3 Å². The van der Waals surface area contributed by atoms with Gasteiger partial charge >= 0.3 is 24.1 Å². The number of benzene rings is 3. The van der Waals surface area contributed by atoms with Crippen LogP contribution in [0.3, 0.4) is 0 Å². The van der Waals surface area contributed by atoms with Crippen LogP contribution in [0.25, 0.3) is 11.1 Å². The molecule has 1 aromatic heterocycles. The number of aryl methyl sites for hydroxylation is 1. The van der Waals surface area contributed by atoms with Gasteiger partial charge in [0.25, 0.3) is 0 Å². The molecule has 11 nitrogen and oxygen atoms in total. The maximum absolute atomic E-state index is 13.7. The largest absolute Gasteiger partial charge is 0.490 e. The van der Waals surface area contributed by atoms with Crippen molar-refractivity contribution in [1.82, 2.24) is 5.32 Å². The second-order valence-corrected chi connectivity index (χ2v) is 13.9. The van der Waals surface area contributed by atoms with Gasteiger partial charge in [-0.2, -0.15) is 13.2 Å². The van der Waals surface area contributed by atoms with Gasteiger partial charge in [0.1, 0.15) is 11.9 Å². The van der Waals surface area contributed by atoms with Gasteiger partial charge in [-0.1, -0.05) is 54.6 Å². The third kappa shape index (κ3) is 9.58. The summed E-state index contributed by atoms with van der Waals surface area (Å²) >= 11 is 2.41. The van der Waals surface area contributed by atoms with Crippen LogP contribution in [0.2, 0.25) is 0 Å². The minimum Gasteiger partial charge on any atom is -0.480 e. The fraction of sp³-hybridized carbons (Fsp3) is 0.161. The van der Waals surface area contributed by atoms with Crippen molar-refractivity contribution in [2.75, 3.05) is 11.6 Å². The third-order valence-electron chi connectivity index (χ3n) is 6.49. The number of amidine groups is 1. The molecule has 0 bridgehead atoms. The van der Waals surface area contributed by atoms with Crippen molar-refractivity contribution >= 4 is 62.4 Å². The number of halogens is 3. The molecule has 0 aliphatic heterocycles. The van der Waals surface area contributed by atoms with Crippen LogP contribution in [0.15, 0.2) is 92.9 Å². The molecule has 7 N–H and O–H groups in total. The molecule has 0 fully saturated rings. The van der Waals surface area contributed by atoms with E-state index in [4.69, 9.17) is 21.0 Å². The lowest BCUT2D eigenvalue weighted by Gasteiger charge is -2.18. The number of rotatable bonds is 10. The highest BCUT2D eigenvalue weighted by Gasteiger charge is 2.38. The Labute approximate surface area is 281 Å². The normalized spacial score (nSPS) is 11.9. The zero-order valence-electron chi connectivity index (χ0n) is 25.2. The summed E-state index contributed by atoms with van der Waals surface area (Å²) in [6.07, 6.45) is -3.22. The number of urea groups is 1. The predicted molar refractivity (Wildman–Crippen MR) is 177 cm³/mol. The van der Waals surface area contributed by atoms with E-state index >= 15 is 0 Å². The maximum Gasteiger partial charge on any atom is 0.490 e. The van der Waals surface area contributed by atoms with Gasteiger partial charge in [0.05, 0.1) is 24.6 Å². The summed E-state index contributed by atoms with van der Waals surface area (Å²) in [5, 5.41) is 29.8. The number of thioether (sulfide) groups is 1. The molecule has 4 rings (SSSR count). The number of hydrogen-bond acceptors (Lipinski definition) is 8. The second-order valence-electron chi connectivity index (χ2n) is 9.89. The van der Waals surface area contributed by atoms with Crippen molar-refractivity contribution in [3.05, 3.63) is 94.9 Å². The van der Waals surface area contributed by atoms with Crippen LogP contribution >= 0.6 is 23.1 Å². The fourth-order valence-corrected chi connectivity index (χ4v) is 8.19. The van der Waals surface area contributed by atoms with Gasteiger partial charge in [-0.05, 0) is 54.1 Å². The van der Waals surface area contributed by atoms with Crippen molar-refractivity contribution in [1.29, 1.82) is 5.41 Å². The van der Waals surface area contributed by atoms with E-state index in [0.717, 1.165) is 22.5 Å². The Morgan fingerprint density at radius 2 is 1.62 bits per heavy atom. The van der Waals surface area contributed by atoms with Gasteiger partial charge in [0.2, 0.25) is 9.84 Å². The van der Waals surface area contributed by atoms with Crippen LogP contribution in [0.5, 0.6) is 0 Å². The van der Waals surface area contributed by atoms with Gasteiger partial charge in [-0.3, -0.25) is 5.41 Å². The van der Waals surface area contributed by atoms with Gasteiger partial charge in [-0.15, -0.1) is 23.1 Å². The fourth-order valence-electron chi connectivity index (χ4n) is 4.29. The minimum atomic E-state index is -5.08. The first-order valence-corrected chi connectivity index (χ1v) is 17.1. The van der Waals surface area contributed by atoms with Crippen molar-refractivity contribution in [2.45, 2.75) is 39.6 Å². The Bertz CT molecular complexity index is 1930. The zero-order valence-corrected chi connectivity index (χ0v) is 27.6. The summed E-state index contributed by atoms with van der Waals surface area (Å²) in [4.78, 5) is 34.2. The smallest absolute Gasteiger partial charge is 0.480 e. The lowest BCUT2D eigenvalue weighted by atomic mass is 9.98. The maximum atomic E-state index is 13.7. The summed E-state index contributed by atoms with van der Waals surface area (Å²) in [6, 6.07) is 20.2. The van der Waals surface area contributed by atoms with Crippen molar-refractivity contribution in [3.8, 4) is 11.1 Å². The number of hydrogen-bond donors (Lipinski definition) is 6. The number of aliphatic carboxylic acids is 2. The molecule has 4 aromatic rings. The first-order valence-electron chi connectivity index (χ1n) is 13.6. The first kappa shape index (κ1) is 37.6. The average Bonchev–Trinajstić information content (AvgIpc) is 3.47. The van der Waals surface area contributed by atoms with Crippen LogP contribution in [0.1, 0.15) is 16.0 Å². The zero-order chi connectivity index (χ0) is 35.8. The van der Waals surface area contributed by atoms with Crippen LogP contribution in [0.4, 0.5) is 23.7 Å². The Morgan fingerprint density at radius 1 is 1.00 bits per heavy atom. The van der Waals surface area contributed by atoms with Gasteiger partial charge in [-0.25, -0.2) is 22.8 Å². The summed E-state index contributed by atoms with van der Waals surface area (Å²) < 4.78 is 59.6. The highest BCUT2D eigenvalue weighted by atomic mass is 32.2. The summed E-state index contributed by atoms with van der Waals surface area (Å²) in [6.45, 7) is 1.83. The molecule has 2 amide bonds. The number of anilines is 1. The van der Waals surface area contributed by atoms with Gasteiger partial charge in [0.15, 0.2) is 0 Å². The highest BCUT2D eigenvalue weighted by molar-refractivity contribution is 8.01. The molecule has 1 atom stereocenters. The number of carboxylic acid groups (broad SMARTS) is 2. The molecule has 0 saturated carbocycles. The quantitative estimate of drug-likeness (QED) is 0.0644. The van der Waals surface area contributed by atoms with E-state index in [-0.39, 0.29) is 22.0 Å². The number of sulfone groups is 1. The van der Waals surface area contributed by atoms with Crippen LogP contribution in [0, 0.1) is 12.3 Å². The van der Waals surface area contributed by atoms with E-state index in [1.807, 2.05) is 19.1 Å². The Morgan fingerprint density at radius 3 is 2.19 bits per heavy atom. The molecule has 0 radical (unpaired) electrons. The molecular weight excluding hydrogens is 694 g/mol. The van der Waals surface area contributed by atoms with E-state index in [1.165, 1.54) is 30.0 Å². The monoisotopic (exact) mass is 722 g/mol. The SMILES string of the molecule is CSc1sc(C(=N)N)cc1S(=O)(=O)c1cccc(-c2c(C)cccc2NC(=O)NC(Cc2ccccc2)C(=O)O)c1.O=C(O)C(F)(F)F. The number of nitrogens with one attached hydrogen (secondary N) is 3. The van der Waals surface area contributed by atoms with Gasteiger partial charge in [0, 0.05) is 12.0 Å². The number of thiophene rings is 1. The molecule has 0 spiro atoms. The van der Waals surface area contributed by atoms with E-state index in [2.05, 4.69) is 10.6 Å². The van der Waals surface area contributed by atoms with Crippen LogP contribution in [-0.2, 0) is 25.8 Å². The summed E-state index contributed by atoms with van der Waals surface area (Å²) in [5.41, 5.74) is 8.67. The number of carbonyl (C=O) groups is 3. The van der Waals surface area contributed by atoms with Crippen molar-refractivity contribution in [3.63, 3.8) is 0 Å². The number of amides is 2. The molecule has 17 heteroatoms. The molecule has 3 aromatic carbocycles. The summed E-state index contributed by atoms with van der Waals surface area (Å²) in [5.74, 6) is -4.13. The molecular formula is C31H29F3N4O7S3. The molecule has 1 unspecified atom stereocenters. The summed E-state index contributed by atoms with van der Waals surface area (Å²) in [7, 11) is -3.96. The number of nitrogen functional groups attached to an aromatic ring is 1. The molecule has 48 heavy (non-hydrogen) atoms. The lowest BCUT2D eigenvalue weighted by Crippen LogP contribution is -2.44.